The lowest BCUT2D eigenvalue weighted by Crippen LogP contribution is -2.05. The lowest BCUT2D eigenvalue weighted by Gasteiger charge is -2.02. The highest BCUT2D eigenvalue weighted by Gasteiger charge is 2.05. The molecule has 0 bridgehead atoms. The average Bonchev–Trinajstić information content (AvgIpc) is 2.29. The molecule has 0 aliphatic carbocycles. The van der Waals surface area contributed by atoms with Crippen LogP contribution in [0.5, 0.6) is 0 Å². The molecular weight excluding hydrogens is 240 g/mol. The van der Waals surface area contributed by atoms with E-state index in [-0.39, 0.29) is 6.42 Å². The fourth-order valence-corrected chi connectivity index (χ4v) is 1.53. The van der Waals surface area contributed by atoms with Crippen molar-refractivity contribution in [3.05, 3.63) is 47.4 Å². The van der Waals surface area contributed by atoms with Crippen LogP contribution < -0.4 is 0 Å². The standard InChI is InChI=1S/C12H9ClN2O2/c13-9-3-1-8(2-4-9)10-5-6-14-11(15-10)7-12(16)17/h1-6H,7H2,(H,16,17). The van der Waals surface area contributed by atoms with Gasteiger partial charge < -0.3 is 5.11 Å². The Morgan fingerprint density at radius 3 is 2.59 bits per heavy atom. The number of aromatic nitrogens is 2. The Morgan fingerprint density at radius 1 is 1.24 bits per heavy atom. The molecule has 1 heterocycles. The predicted octanol–water partition coefficient (Wildman–Crippen LogP) is 2.42. The molecule has 1 N–H and O–H groups in total. The van der Waals surface area contributed by atoms with E-state index < -0.39 is 5.97 Å². The summed E-state index contributed by atoms with van der Waals surface area (Å²) in [5.41, 5.74) is 1.57. The quantitative estimate of drug-likeness (QED) is 0.906. The van der Waals surface area contributed by atoms with E-state index in [1.807, 2.05) is 12.1 Å². The molecule has 5 heteroatoms. The van der Waals surface area contributed by atoms with E-state index in [4.69, 9.17) is 16.7 Å². The molecule has 0 atom stereocenters. The Morgan fingerprint density at radius 2 is 1.94 bits per heavy atom. The maximum atomic E-state index is 10.6. The molecule has 0 saturated carbocycles. The Bertz CT molecular complexity index is 540. The fourth-order valence-electron chi connectivity index (χ4n) is 1.40. The van der Waals surface area contributed by atoms with Gasteiger partial charge in [0.05, 0.1) is 5.69 Å². The molecule has 0 amide bonds. The van der Waals surface area contributed by atoms with E-state index in [1.54, 1.807) is 24.4 Å². The number of rotatable bonds is 3. The maximum Gasteiger partial charge on any atom is 0.311 e. The van der Waals surface area contributed by atoms with E-state index in [0.29, 0.717) is 16.5 Å². The zero-order valence-corrected chi connectivity index (χ0v) is 9.55. The molecule has 0 spiro atoms. The Balaban J connectivity index is 2.32. The van der Waals surface area contributed by atoms with Crippen molar-refractivity contribution in [2.75, 3.05) is 0 Å². The Labute approximate surface area is 103 Å². The predicted molar refractivity (Wildman–Crippen MR) is 63.8 cm³/mol. The zero-order chi connectivity index (χ0) is 12.3. The number of hydrogen-bond donors (Lipinski definition) is 1. The molecule has 4 nitrogen and oxygen atoms in total. The third-order valence-corrected chi connectivity index (χ3v) is 2.41. The molecule has 0 unspecified atom stereocenters. The average molecular weight is 249 g/mol. The number of carbonyl (C=O) groups is 1. The summed E-state index contributed by atoms with van der Waals surface area (Å²) in [6.45, 7) is 0. The van der Waals surface area contributed by atoms with Crippen LogP contribution in [0.3, 0.4) is 0 Å². The number of halogens is 1. The molecule has 1 aromatic carbocycles. The lowest BCUT2D eigenvalue weighted by atomic mass is 10.1. The number of hydrogen-bond acceptors (Lipinski definition) is 3. The van der Waals surface area contributed by atoms with Gasteiger partial charge >= 0.3 is 5.97 Å². The van der Waals surface area contributed by atoms with Crippen LogP contribution in [-0.4, -0.2) is 21.0 Å². The van der Waals surface area contributed by atoms with Crippen LogP contribution in [0.4, 0.5) is 0 Å². The fraction of sp³-hybridized carbons (Fsp3) is 0.0833. The van der Waals surface area contributed by atoms with Gasteiger partial charge in [-0.25, -0.2) is 9.97 Å². The molecule has 0 aliphatic heterocycles. The van der Waals surface area contributed by atoms with E-state index in [1.165, 1.54) is 0 Å². The largest absolute Gasteiger partial charge is 0.481 e. The van der Waals surface area contributed by atoms with E-state index in [0.717, 1.165) is 5.56 Å². The number of benzene rings is 1. The number of carboxylic acid groups (broad SMARTS) is 1. The van der Waals surface area contributed by atoms with Crippen molar-refractivity contribution in [3.63, 3.8) is 0 Å². The van der Waals surface area contributed by atoms with E-state index >= 15 is 0 Å². The van der Waals surface area contributed by atoms with Crippen LogP contribution in [0.25, 0.3) is 11.3 Å². The van der Waals surface area contributed by atoms with Crippen molar-refractivity contribution < 1.29 is 9.90 Å². The molecule has 0 saturated heterocycles. The Kier molecular flexibility index (Phi) is 3.35. The summed E-state index contributed by atoms with van der Waals surface area (Å²) in [5.74, 6) is -0.650. The summed E-state index contributed by atoms with van der Waals surface area (Å²) in [6, 6.07) is 8.91. The highest BCUT2D eigenvalue weighted by atomic mass is 35.5. The second-order valence-corrected chi connectivity index (χ2v) is 3.87. The van der Waals surface area contributed by atoms with Gasteiger partial charge in [0.25, 0.3) is 0 Å². The van der Waals surface area contributed by atoms with Crippen molar-refractivity contribution in [3.8, 4) is 11.3 Å². The molecule has 17 heavy (non-hydrogen) atoms. The van der Waals surface area contributed by atoms with Gasteiger partial charge in [-0.1, -0.05) is 23.7 Å². The van der Waals surface area contributed by atoms with Gasteiger partial charge in [-0.05, 0) is 18.2 Å². The minimum Gasteiger partial charge on any atom is -0.481 e. The molecule has 0 aliphatic rings. The second kappa shape index (κ2) is 4.93. The molecule has 2 aromatic rings. The minimum absolute atomic E-state index is 0.179. The summed E-state index contributed by atoms with van der Waals surface area (Å²) >= 11 is 5.79. The van der Waals surface area contributed by atoms with Crippen molar-refractivity contribution in [1.29, 1.82) is 0 Å². The third kappa shape index (κ3) is 3.01. The van der Waals surface area contributed by atoms with Gasteiger partial charge in [-0.2, -0.15) is 0 Å². The van der Waals surface area contributed by atoms with Gasteiger partial charge in [0, 0.05) is 16.8 Å². The number of nitrogens with zero attached hydrogens (tertiary/aromatic N) is 2. The molecule has 0 fully saturated rings. The zero-order valence-electron chi connectivity index (χ0n) is 8.80. The summed E-state index contributed by atoms with van der Waals surface area (Å²) in [6.07, 6.45) is 1.37. The highest BCUT2D eigenvalue weighted by molar-refractivity contribution is 6.30. The van der Waals surface area contributed by atoms with Crippen molar-refractivity contribution >= 4 is 17.6 Å². The number of aliphatic carboxylic acids is 1. The molecule has 86 valence electrons. The van der Waals surface area contributed by atoms with Crippen LogP contribution >= 0.6 is 11.6 Å². The van der Waals surface area contributed by atoms with Gasteiger partial charge in [-0.3, -0.25) is 4.79 Å². The van der Waals surface area contributed by atoms with E-state index in [2.05, 4.69) is 9.97 Å². The van der Waals surface area contributed by atoms with Crippen LogP contribution in [0, 0.1) is 0 Å². The molecule has 1 aromatic heterocycles. The summed E-state index contributed by atoms with van der Waals surface area (Å²) in [5, 5.41) is 9.31. The number of carboxylic acids is 1. The van der Waals surface area contributed by atoms with Crippen LogP contribution in [0.1, 0.15) is 5.82 Å². The van der Waals surface area contributed by atoms with Crippen molar-refractivity contribution in [2.45, 2.75) is 6.42 Å². The van der Waals surface area contributed by atoms with Crippen LogP contribution in [0.2, 0.25) is 5.02 Å². The Hall–Kier alpha value is -1.94. The maximum absolute atomic E-state index is 10.6. The van der Waals surface area contributed by atoms with Gasteiger partial charge in [0.15, 0.2) is 0 Å². The summed E-state index contributed by atoms with van der Waals surface area (Å²) in [4.78, 5) is 18.6. The normalized spacial score (nSPS) is 10.2. The van der Waals surface area contributed by atoms with Crippen LogP contribution in [-0.2, 0) is 11.2 Å². The molecule has 0 radical (unpaired) electrons. The lowest BCUT2D eigenvalue weighted by molar-refractivity contribution is -0.136. The van der Waals surface area contributed by atoms with E-state index in [9.17, 15) is 4.79 Å². The molecular formula is C12H9ClN2O2. The summed E-state index contributed by atoms with van der Waals surface area (Å²) in [7, 11) is 0. The topological polar surface area (TPSA) is 63.1 Å². The smallest absolute Gasteiger partial charge is 0.311 e. The summed E-state index contributed by atoms with van der Waals surface area (Å²) < 4.78 is 0. The van der Waals surface area contributed by atoms with Crippen molar-refractivity contribution in [1.82, 2.24) is 9.97 Å². The van der Waals surface area contributed by atoms with Crippen molar-refractivity contribution in [2.24, 2.45) is 0 Å². The molecule has 2 rings (SSSR count). The van der Waals surface area contributed by atoms with Gasteiger partial charge in [0.2, 0.25) is 0 Å². The first-order valence-electron chi connectivity index (χ1n) is 4.95. The van der Waals surface area contributed by atoms with Gasteiger partial charge in [0.1, 0.15) is 12.2 Å². The SMILES string of the molecule is O=C(O)Cc1nccc(-c2ccc(Cl)cc2)n1. The third-order valence-electron chi connectivity index (χ3n) is 2.15. The minimum atomic E-state index is -0.946. The first kappa shape index (κ1) is 11.5. The van der Waals surface area contributed by atoms with Crippen LogP contribution in [0.15, 0.2) is 36.5 Å². The monoisotopic (exact) mass is 248 g/mol. The first-order chi connectivity index (χ1) is 8.15. The second-order valence-electron chi connectivity index (χ2n) is 3.44. The van der Waals surface area contributed by atoms with Gasteiger partial charge in [-0.15, -0.1) is 0 Å². The highest BCUT2D eigenvalue weighted by Crippen LogP contribution is 2.19. The first-order valence-corrected chi connectivity index (χ1v) is 5.32.